The molecule has 0 fully saturated rings. The third kappa shape index (κ3) is 4.38. The van der Waals surface area contributed by atoms with E-state index >= 15 is 0 Å². The van der Waals surface area contributed by atoms with Crippen molar-refractivity contribution < 1.29 is 0 Å². The van der Waals surface area contributed by atoms with Gasteiger partial charge in [-0.25, -0.2) is 4.98 Å². The molecule has 0 aliphatic carbocycles. The van der Waals surface area contributed by atoms with Gasteiger partial charge in [0.15, 0.2) is 0 Å². The number of hydrogen-bond donors (Lipinski definition) is 0. The van der Waals surface area contributed by atoms with Crippen molar-refractivity contribution in [3.05, 3.63) is 170 Å². The van der Waals surface area contributed by atoms with Crippen LogP contribution in [0.1, 0.15) is 11.1 Å². The molecule has 0 spiro atoms. The lowest BCUT2D eigenvalue weighted by Gasteiger charge is -2.13. The molecular weight excluding hydrogens is 569 g/mol. The van der Waals surface area contributed by atoms with Gasteiger partial charge in [0, 0.05) is 10.8 Å². The molecule has 0 saturated carbocycles. The molecule has 2 heterocycles. The Morgan fingerprint density at radius 2 is 1.02 bits per heavy atom. The van der Waals surface area contributed by atoms with Crippen LogP contribution in [0.5, 0.6) is 0 Å². The van der Waals surface area contributed by atoms with E-state index in [2.05, 4.69) is 163 Å². The summed E-state index contributed by atoms with van der Waals surface area (Å²) in [6.07, 6.45) is 3.76. The lowest BCUT2D eigenvalue weighted by atomic mass is 9.94. The fourth-order valence-electron chi connectivity index (χ4n) is 7.06. The van der Waals surface area contributed by atoms with E-state index in [0.717, 1.165) is 44.3 Å². The van der Waals surface area contributed by atoms with Gasteiger partial charge in [0.25, 0.3) is 0 Å². The Kier molecular flexibility index (Phi) is 6.16. The molecule has 0 aliphatic heterocycles. The molecule has 0 bridgehead atoms. The Morgan fingerprint density at radius 1 is 0.426 bits per heavy atom. The van der Waals surface area contributed by atoms with Crippen molar-refractivity contribution in [2.75, 3.05) is 0 Å². The molecule has 47 heavy (non-hydrogen) atoms. The molecule has 0 aliphatic rings. The third-order valence-corrected chi connectivity index (χ3v) is 9.51. The molecule has 0 radical (unpaired) electrons. The fourth-order valence-corrected chi connectivity index (χ4v) is 7.06. The van der Waals surface area contributed by atoms with Gasteiger partial charge in [-0.2, -0.15) is 0 Å². The quantitative estimate of drug-likeness (QED) is 0.180. The van der Waals surface area contributed by atoms with Gasteiger partial charge < -0.3 is 0 Å². The molecule has 0 N–H and O–H groups in total. The maximum atomic E-state index is 5.13. The minimum absolute atomic E-state index is 0.984. The smallest absolute Gasteiger partial charge is 0.146 e. The van der Waals surface area contributed by atoms with Crippen molar-refractivity contribution >= 4 is 61.3 Å². The minimum atomic E-state index is 0.984. The first kappa shape index (κ1) is 27.1. The molecule has 2 heteroatoms. The van der Waals surface area contributed by atoms with Crippen LogP contribution < -0.4 is 0 Å². The molecule has 2 aromatic heterocycles. The molecule has 9 rings (SSSR count). The number of fused-ring (bicyclic) bond motifs is 9. The summed E-state index contributed by atoms with van der Waals surface area (Å²) in [4.78, 5) is 5.13. The molecule has 9 aromatic rings. The number of rotatable bonds is 5. The second-order valence-electron chi connectivity index (χ2n) is 12.1. The summed E-state index contributed by atoms with van der Waals surface area (Å²) in [5.41, 5.74) is 13.5. The lowest BCUT2D eigenvalue weighted by Crippen LogP contribution is -1.93. The fraction of sp³-hybridized carbons (Fsp3) is 0. The van der Waals surface area contributed by atoms with Crippen LogP contribution in [0.2, 0.25) is 0 Å². The first-order chi connectivity index (χ1) is 23.2. The van der Waals surface area contributed by atoms with E-state index in [1.54, 1.807) is 0 Å². The second-order valence-corrected chi connectivity index (χ2v) is 12.1. The van der Waals surface area contributed by atoms with Gasteiger partial charge >= 0.3 is 0 Å². The van der Waals surface area contributed by atoms with E-state index in [4.69, 9.17) is 4.98 Å². The van der Waals surface area contributed by atoms with Crippen molar-refractivity contribution in [1.29, 1.82) is 0 Å². The van der Waals surface area contributed by atoms with Crippen molar-refractivity contribution in [2.24, 2.45) is 0 Å². The van der Waals surface area contributed by atoms with E-state index in [-0.39, 0.29) is 0 Å². The van der Waals surface area contributed by atoms with Crippen molar-refractivity contribution in [1.82, 2.24) is 9.38 Å². The van der Waals surface area contributed by atoms with Crippen LogP contribution in [0.4, 0.5) is 0 Å². The molecule has 0 amide bonds. The highest BCUT2D eigenvalue weighted by molar-refractivity contribution is 6.15. The topological polar surface area (TPSA) is 17.3 Å². The summed E-state index contributed by atoms with van der Waals surface area (Å²) in [5, 5.41) is 6.04. The van der Waals surface area contributed by atoms with Crippen LogP contribution in [0.3, 0.4) is 0 Å². The van der Waals surface area contributed by atoms with E-state index in [9.17, 15) is 0 Å². The summed E-state index contributed by atoms with van der Waals surface area (Å²) in [6.45, 7) is 7.92. The average molecular weight is 599 g/mol. The van der Waals surface area contributed by atoms with Crippen molar-refractivity contribution in [3.8, 4) is 33.4 Å². The van der Waals surface area contributed by atoms with Crippen molar-refractivity contribution in [3.63, 3.8) is 0 Å². The monoisotopic (exact) mass is 598 g/mol. The Labute approximate surface area is 273 Å². The number of imidazole rings is 1. The molecule has 0 saturated heterocycles. The molecular formula is C45H30N2. The number of nitrogens with zero attached hydrogens (tertiary/aromatic N) is 2. The standard InChI is InChI=1S/C45H30N2/c1-3-29-13-19-35(25-30(29)4-2)32-14-16-33(17-15-32)37-22-24-43-41(28-37)40-27-38(36-20-18-31-9-5-6-10-34(31)26-36)21-23-39(40)45-46-42-11-7-8-12-44(42)47(43)45/h3-28H,1-2H2. The van der Waals surface area contributed by atoms with E-state index in [0.29, 0.717) is 0 Å². The molecule has 220 valence electrons. The Bertz CT molecular complexity index is 2710. The van der Waals surface area contributed by atoms with E-state index in [1.165, 1.54) is 49.4 Å². The van der Waals surface area contributed by atoms with Crippen LogP contribution in [0.15, 0.2) is 159 Å². The summed E-state index contributed by atoms with van der Waals surface area (Å²) < 4.78 is 2.32. The van der Waals surface area contributed by atoms with E-state index in [1.807, 2.05) is 12.2 Å². The third-order valence-electron chi connectivity index (χ3n) is 9.51. The number of pyridine rings is 1. The zero-order valence-electron chi connectivity index (χ0n) is 25.8. The van der Waals surface area contributed by atoms with Crippen molar-refractivity contribution in [2.45, 2.75) is 0 Å². The number of aromatic nitrogens is 2. The van der Waals surface area contributed by atoms with Gasteiger partial charge in [-0.05, 0) is 109 Å². The highest BCUT2D eigenvalue weighted by atomic mass is 15.0. The summed E-state index contributed by atoms with van der Waals surface area (Å²) in [6, 6.07) is 52.6. The Hall–Kier alpha value is -6.25. The number of para-hydroxylation sites is 2. The maximum Gasteiger partial charge on any atom is 0.146 e. The highest BCUT2D eigenvalue weighted by Crippen LogP contribution is 2.38. The highest BCUT2D eigenvalue weighted by Gasteiger charge is 2.16. The van der Waals surface area contributed by atoms with Crippen LogP contribution in [-0.2, 0) is 0 Å². The van der Waals surface area contributed by atoms with Crippen LogP contribution in [-0.4, -0.2) is 9.38 Å². The van der Waals surface area contributed by atoms with Gasteiger partial charge in [0.05, 0.1) is 16.6 Å². The zero-order valence-corrected chi connectivity index (χ0v) is 25.8. The van der Waals surface area contributed by atoms with Gasteiger partial charge in [-0.3, -0.25) is 4.40 Å². The minimum Gasteiger partial charge on any atom is -0.292 e. The zero-order chi connectivity index (χ0) is 31.5. The predicted octanol–water partition coefficient (Wildman–Crippen LogP) is 12.2. The predicted molar refractivity (Wildman–Crippen MR) is 202 cm³/mol. The molecule has 0 atom stereocenters. The number of hydrogen-bond acceptors (Lipinski definition) is 1. The largest absolute Gasteiger partial charge is 0.292 e. The van der Waals surface area contributed by atoms with Gasteiger partial charge in [0.2, 0.25) is 0 Å². The maximum absolute atomic E-state index is 5.13. The van der Waals surface area contributed by atoms with Gasteiger partial charge in [-0.1, -0.05) is 122 Å². The lowest BCUT2D eigenvalue weighted by molar-refractivity contribution is 1.31. The van der Waals surface area contributed by atoms with Crippen LogP contribution in [0, 0.1) is 0 Å². The Balaban J connectivity index is 1.24. The van der Waals surface area contributed by atoms with Gasteiger partial charge in [-0.15, -0.1) is 0 Å². The van der Waals surface area contributed by atoms with Gasteiger partial charge in [0.1, 0.15) is 5.65 Å². The molecule has 0 unspecified atom stereocenters. The molecule has 7 aromatic carbocycles. The summed E-state index contributed by atoms with van der Waals surface area (Å²) >= 11 is 0. The Morgan fingerprint density at radius 3 is 1.83 bits per heavy atom. The average Bonchev–Trinajstić information content (AvgIpc) is 3.54. The van der Waals surface area contributed by atoms with Crippen LogP contribution in [0.25, 0.3) is 94.7 Å². The van der Waals surface area contributed by atoms with E-state index < -0.39 is 0 Å². The SMILES string of the molecule is C=Cc1ccc(-c2ccc(-c3ccc4c(c3)c3cc(-c5ccc6ccccc6c5)ccc3c3nc5ccccc5n43)cc2)cc1C=C. The second kappa shape index (κ2) is 10.7. The number of benzene rings is 7. The normalized spacial score (nSPS) is 11.6. The molecule has 2 nitrogen and oxygen atoms in total. The summed E-state index contributed by atoms with van der Waals surface area (Å²) in [5.74, 6) is 0. The van der Waals surface area contributed by atoms with Crippen LogP contribution >= 0.6 is 0 Å². The summed E-state index contributed by atoms with van der Waals surface area (Å²) in [7, 11) is 0. The first-order valence-corrected chi connectivity index (χ1v) is 15.9. The first-order valence-electron chi connectivity index (χ1n) is 15.9.